The van der Waals surface area contributed by atoms with Crippen molar-refractivity contribution in [1.29, 1.82) is 0 Å². The Hall–Kier alpha value is -0.860. The van der Waals surface area contributed by atoms with Crippen LogP contribution in [-0.2, 0) is 6.42 Å². The highest BCUT2D eigenvalue weighted by molar-refractivity contribution is 5.33. The van der Waals surface area contributed by atoms with E-state index in [0.29, 0.717) is 11.5 Å². The van der Waals surface area contributed by atoms with Gasteiger partial charge >= 0.3 is 0 Å². The lowest BCUT2D eigenvalue weighted by molar-refractivity contribution is 0.174. The maximum atomic E-state index is 6.52. The SMILES string of the molecule is CC1(C)CCN(C2CCc3ccccc3C2N)C1. The number of nitrogens with two attached hydrogens (primary N) is 1. The van der Waals surface area contributed by atoms with Crippen LogP contribution in [-0.4, -0.2) is 24.0 Å². The fourth-order valence-electron chi connectivity index (χ4n) is 3.62. The van der Waals surface area contributed by atoms with Crippen molar-refractivity contribution < 1.29 is 0 Å². The van der Waals surface area contributed by atoms with Gasteiger partial charge in [-0.25, -0.2) is 0 Å². The van der Waals surface area contributed by atoms with Crippen molar-refractivity contribution in [3.05, 3.63) is 35.4 Å². The predicted molar refractivity (Wildman–Crippen MR) is 75.5 cm³/mol. The molecule has 1 aromatic rings. The van der Waals surface area contributed by atoms with Crippen LogP contribution in [0.15, 0.2) is 24.3 Å². The second-order valence-corrected chi connectivity index (χ2v) is 6.72. The number of fused-ring (bicyclic) bond motifs is 1. The molecule has 1 heterocycles. The van der Waals surface area contributed by atoms with Crippen LogP contribution in [0.4, 0.5) is 0 Å². The van der Waals surface area contributed by atoms with E-state index in [0.717, 1.165) is 0 Å². The van der Waals surface area contributed by atoms with Gasteiger partial charge in [0.25, 0.3) is 0 Å². The van der Waals surface area contributed by atoms with Gasteiger partial charge in [-0.15, -0.1) is 0 Å². The lowest BCUT2D eigenvalue weighted by atomic mass is 9.83. The highest BCUT2D eigenvalue weighted by atomic mass is 15.2. The molecule has 0 bridgehead atoms. The minimum atomic E-state index is 0.198. The zero-order chi connectivity index (χ0) is 12.8. The van der Waals surface area contributed by atoms with Gasteiger partial charge in [0, 0.05) is 18.6 Å². The summed E-state index contributed by atoms with van der Waals surface area (Å²) in [6.45, 7) is 7.16. The van der Waals surface area contributed by atoms with Crippen LogP contribution in [0, 0.1) is 5.41 Å². The number of hydrogen-bond donors (Lipinski definition) is 1. The van der Waals surface area contributed by atoms with Gasteiger partial charge in [-0.3, -0.25) is 4.90 Å². The molecule has 0 amide bonds. The molecule has 2 aliphatic rings. The predicted octanol–water partition coefficient (Wildman–Crippen LogP) is 2.73. The van der Waals surface area contributed by atoms with Crippen molar-refractivity contribution in [2.75, 3.05) is 13.1 Å². The molecule has 1 saturated heterocycles. The molecule has 2 nitrogen and oxygen atoms in total. The first-order valence-electron chi connectivity index (χ1n) is 7.14. The summed E-state index contributed by atoms with van der Waals surface area (Å²) in [5, 5.41) is 0. The van der Waals surface area contributed by atoms with Crippen LogP contribution in [0.2, 0.25) is 0 Å². The molecular weight excluding hydrogens is 220 g/mol. The minimum absolute atomic E-state index is 0.198. The van der Waals surface area contributed by atoms with Crippen molar-refractivity contribution in [2.45, 2.75) is 45.2 Å². The third-order valence-corrected chi connectivity index (χ3v) is 4.71. The first-order chi connectivity index (χ1) is 8.57. The zero-order valence-electron chi connectivity index (χ0n) is 11.5. The van der Waals surface area contributed by atoms with Gasteiger partial charge < -0.3 is 5.73 Å². The molecule has 1 aromatic carbocycles. The Morgan fingerprint density at radius 2 is 2.06 bits per heavy atom. The van der Waals surface area contributed by atoms with E-state index >= 15 is 0 Å². The number of rotatable bonds is 1. The summed E-state index contributed by atoms with van der Waals surface area (Å²) in [6.07, 6.45) is 3.71. The fourth-order valence-corrected chi connectivity index (χ4v) is 3.62. The Kier molecular flexibility index (Phi) is 2.95. The molecule has 2 atom stereocenters. The summed E-state index contributed by atoms with van der Waals surface area (Å²) in [5.74, 6) is 0. The van der Waals surface area contributed by atoms with E-state index < -0.39 is 0 Å². The van der Waals surface area contributed by atoms with Crippen molar-refractivity contribution in [2.24, 2.45) is 11.1 Å². The van der Waals surface area contributed by atoms with Crippen LogP contribution in [0.3, 0.4) is 0 Å². The maximum Gasteiger partial charge on any atom is 0.0455 e. The monoisotopic (exact) mass is 244 g/mol. The van der Waals surface area contributed by atoms with Gasteiger partial charge in [-0.2, -0.15) is 0 Å². The van der Waals surface area contributed by atoms with E-state index in [1.807, 2.05) is 0 Å². The summed E-state index contributed by atoms with van der Waals surface area (Å²) in [5.41, 5.74) is 9.82. The van der Waals surface area contributed by atoms with E-state index in [2.05, 4.69) is 43.0 Å². The second-order valence-electron chi connectivity index (χ2n) is 6.72. The molecule has 0 spiro atoms. The quantitative estimate of drug-likeness (QED) is 0.823. The molecular formula is C16H24N2. The molecule has 0 radical (unpaired) electrons. The van der Waals surface area contributed by atoms with Gasteiger partial charge in [0.15, 0.2) is 0 Å². The average molecular weight is 244 g/mol. The molecule has 18 heavy (non-hydrogen) atoms. The summed E-state index contributed by atoms with van der Waals surface area (Å²) < 4.78 is 0. The summed E-state index contributed by atoms with van der Waals surface area (Å²) in [6, 6.07) is 9.44. The fraction of sp³-hybridized carbons (Fsp3) is 0.625. The van der Waals surface area contributed by atoms with Gasteiger partial charge in [0.2, 0.25) is 0 Å². The van der Waals surface area contributed by atoms with E-state index in [-0.39, 0.29) is 6.04 Å². The molecule has 2 heteroatoms. The molecule has 3 rings (SSSR count). The number of hydrogen-bond acceptors (Lipinski definition) is 2. The third kappa shape index (κ3) is 2.08. The van der Waals surface area contributed by atoms with Crippen LogP contribution < -0.4 is 5.73 Å². The standard InChI is InChI=1S/C16H24N2/c1-16(2)9-10-18(11-16)14-8-7-12-5-3-4-6-13(12)15(14)17/h3-6,14-15H,7-11,17H2,1-2H3. The van der Waals surface area contributed by atoms with Gasteiger partial charge in [-0.05, 0) is 42.3 Å². The number of nitrogens with zero attached hydrogens (tertiary/aromatic N) is 1. The number of likely N-dealkylation sites (tertiary alicyclic amines) is 1. The highest BCUT2D eigenvalue weighted by Crippen LogP contribution is 2.37. The maximum absolute atomic E-state index is 6.52. The lowest BCUT2D eigenvalue weighted by Crippen LogP contribution is -2.44. The Labute approximate surface area is 110 Å². The Balaban J connectivity index is 1.81. The minimum Gasteiger partial charge on any atom is -0.323 e. The Morgan fingerprint density at radius 3 is 2.78 bits per heavy atom. The van der Waals surface area contributed by atoms with Crippen molar-refractivity contribution in [1.82, 2.24) is 4.90 Å². The van der Waals surface area contributed by atoms with Gasteiger partial charge in [0.1, 0.15) is 0 Å². The lowest BCUT2D eigenvalue weighted by Gasteiger charge is -2.38. The average Bonchev–Trinajstić information content (AvgIpc) is 2.70. The van der Waals surface area contributed by atoms with Crippen LogP contribution in [0.5, 0.6) is 0 Å². The van der Waals surface area contributed by atoms with E-state index in [9.17, 15) is 0 Å². The molecule has 2 N–H and O–H groups in total. The van der Waals surface area contributed by atoms with Crippen LogP contribution >= 0.6 is 0 Å². The summed E-state index contributed by atoms with van der Waals surface area (Å²) in [4.78, 5) is 2.63. The summed E-state index contributed by atoms with van der Waals surface area (Å²) >= 11 is 0. The van der Waals surface area contributed by atoms with E-state index in [1.54, 1.807) is 0 Å². The normalized spacial score (nSPS) is 31.3. The number of aryl methyl sites for hydroxylation is 1. The van der Waals surface area contributed by atoms with Crippen molar-refractivity contribution >= 4 is 0 Å². The topological polar surface area (TPSA) is 29.3 Å². The first kappa shape index (κ1) is 12.2. The summed E-state index contributed by atoms with van der Waals surface area (Å²) in [7, 11) is 0. The molecule has 2 unspecified atom stereocenters. The Morgan fingerprint density at radius 1 is 1.28 bits per heavy atom. The van der Waals surface area contributed by atoms with Crippen LogP contribution in [0.1, 0.15) is 43.9 Å². The van der Waals surface area contributed by atoms with E-state index in [1.165, 1.54) is 43.5 Å². The molecule has 1 aliphatic heterocycles. The number of benzene rings is 1. The van der Waals surface area contributed by atoms with Gasteiger partial charge in [0.05, 0.1) is 0 Å². The van der Waals surface area contributed by atoms with E-state index in [4.69, 9.17) is 5.73 Å². The zero-order valence-corrected chi connectivity index (χ0v) is 11.5. The molecule has 1 fully saturated rings. The largest absolute Gasteiger partial charge is 0.323 e. The molecule has 0 saturated carbocycles. The van der Waals surface area contributed by atoms with Gasteiger partial charge in [-0.1, -0.05) is 38.1 Å². The molecule has 1 aliphatic carbocycles. The smallest absolute Gasteiger partial charge is 0.0455 e. The van der Waals surface area contributed by atoms with Crippen molar-refractivity contribution in [3.8, 4) is 0 Å². The molecule has 98 valence electrons. The van der Waals surface area contributed by atoms with Crippen LogP contribution in [0.25, 0.3) is 0 Å². The highest BCUT2D eigenvalue weighted by Gasteiger charge is 2.37. The Bertz CT molecular complexity index is 438. The second kappa shape index (κ2) is 4.36. The molecule has 0 aromatic heterocycles. The third-order valence-electron chi connectivity index (χ3n) is 4.71. The van der Waals surface area contributed by atoms with Crippen molar-refractivity contribution in [3.63, 3.8) is 0 Å². The first-order valence-corrected chi connectivity index (χ1v) is 7.14.